The average Bonchev–Trinajstić information content (AvgIpc) is 2.37. The van der Waals surface area contributed by atoms with E-state index in [1.807, 2.05) is 5.32 Å². The molecule has 13 nitrogen and oxygen atoms in total. The summed E-state index contributed by atoms with van der Waals surface area (Å²) in [4.78, 5) is 47.5. The van der Waals surface area contributed by atoms with Gasteiger partial charge in [0.2, 0.25) is 5.91 Å². The summed E-state index contributed by atoms with van der Waals surface area (Å²) >= 11 is 0. The highest BCUT2D eigenvalue weighted by molar-refractivity contribution is 7.60. The number of aliphatic hydroxyl groups is 3. The molecule has 0 aliphatic rings. The van der Waals surface area contributed by atoms with Gasteiger partial charge in [-0.1, -0.05) is 0 Å². The smallest absolute Gasteiger partial charge is 0.394 e. The van der Waals surface area contributed by atoms with Crippen LogP contribution in [0.2, 0.25) is 0 Å². The van der Waals surface area contributed by atoms with Crippen LogP contribution in [0, 0.1) is 0 Å². The van der Waals surface area contributed by atoms with Crippen molar-refractivity contribution >= 4 is 27.8 Å². The van der Waals surface area contributed by atoms with Gasteiger partial charge < -0.3 is 40.1 Å². The molecular formula is C8H17NO12P2. The normalized spacial score (nSPS) is 20.0. The monoisotopic (exact) mass is 381 g/mol. The van der Waals surface area contributed by atoms with Crippen LogP contribution in [0.1, 0.15) is 6.92 Å². The Hall–Kier alpha value is -0.720. The first-order chi connectivity index (χ1) is 10.3. The third-order valence-corrected chi connectivity index (χ3v) is 4.49. The van der Waals surface area contributed by atoms with Crippen molar-refractivity contribution in [1.29, 1.82) is 0 Å². The van der Waals surface area contributed by atoms with Gasteiger partial charge in [0, 0.05) is 6.92 Å². The van der Waals surface area contributed by atoms with Gasteiger partial charge in [-0.15, -0.1) is 0 Å². The summed E-state index contributed by atoms with van der Waals surface area (Å²) in [5.74, 6) is -0.743. The number of phosphoric acid groups is 2. The molecule has 1 unspecified atom stereocenters. The molecule has 15 heteroatoms. The van der Waals surface area contributed by atoms with Gasteiger partial charge in [0.15, 0.2) is 0 Å². The second kappa shape index (κ2) is 8.94. The number of carbonyl (C=O) groups is 2. The van der Waals surface area contributed by atoms with Crippen LogP contribution < -0.4 is 5.32 Å². The zero-order valence-corrected chi connectivity index (χ0v) is 13.4. The second-order valence-electron chi connectivity index (χ2n) is 4.21. The molecule has 5 atom stereocenters. The lowest BCUT2D eigenvalue weighted by Crippen LogP contribution is -2.53. The maximum Gasteiger partial charge on any atom is 0.481 e. The number of amides is 1. The topological polar surface area (TPSA) is 220 Å². The SMILES string of the molecule is CC(=O)N[C@@H](C=O)[C@@H](O)[C@@H](O)[C@@H](CO)OP(=O)(O)OP(=O)(O)O. The van der Waals surface area contributed by atoms with E-state index >= 15 is 0 Å². The van der Waals surface area contributed by atoms with Crippen LogP contribution in [0.4, 0.5) is 0 Å². The lowest BCUT2D eigenvalue weighted by Gasteiger charge is -2.29. The van der Waals surface area contributed by atoms with Crippen molar-refractivity contribution in [2.45, 2.75) is 31.3 Å². The van der Waals surface area contributed by atoms with Crippen molar-refractivity contribution in [2.24, 2.45) is 0 Å². The lowest BCUT2D eigenvalue weighted by molar-refractivity contribution is -0.129. The largest absolute Gasteiger partial charge is 0.481 e. The maximum absolute atomic E-state index is 11.3. The molecule has 0 spiro atoms. The molecule has 0 saturated carbocycles. The van der Waals surface area contributed by atoms with Gasteiger partial charge in [-0.3, -0.25) is 9.32 Å². The predicted octanol–water partition coefficient (Wildman–Crippen LogP) is -3.00. The Morgan fingerprint density at radius 3 is 2.09 bits per heavy atom. The zero-order chi connectivity index (χ0) is 18.4. The number of aldehydes is 1. The van der Waals surface area contributed by atoms with E-state index in [0.29, 0.717) is 0 Å². The molecule has 0 aliphatic carbocycles. The minimum absolute atomic E-state index is 0.0500. The quantitative estimate of drug-likeness (QED) is 0.149. The van der Waals surface area contributed by atoms with Crippen LogP contribution in [0.15, 0.2) is 0 Å². The van der Waals surface area contributed by atoms with Crippen LogP contribution in [0.25, 0.3) is 0 Å². The highest BCUT2D eigenvalue weighted by atomic mass is 31.3. The number of nitrogens with one attached hydrogen (secondary N) is 1. The first-order valence-corrected chi connectivity index (χ1v) is 8.83. The van der Waals surface area contributed by atoms with Crippen LogP contribution in [0.5, 0.6) is 0 Å². The Bertz CT molecular complexity index is 505. The molecule has 1 amide bonds. The summed E-state index contributed by atoms with van der Waals surface area (Å²) in [6.07, 6.45) is -6.27. The summed E-state index contributed by atoms with van der Waals surface area (Å²) in [6, 6.07) is -1.64. The van der Waals surface area contributed by atoms with Crippen LogP contribution in [-0.4, -0.2) is 73.2 Å². The Morgan fingerprint density at radius 1 is 1.22 bits per heavy atom. The molecule has 0 saturated heterocycles. The van der Waals surface area contributed by atoms with Gasteiger partial charge in [0.05, 0.1) is 6.61 Å². The van der Waals surface area contributed by atoms with Crippen LogP contribution in [0.3, 0.4) is 0 Å². The third kappa shape index (κ3) is 8.63. The number of rotatable bonds is 10. The maximum atomic E-state index is 11.3. The number of phosphoric ester groups is 1. The van der Waals surface area contributed by atoms with Gasteiger partial charge in [-0.2, -0.15) is 4.31 Å². The van der Waals surface area contributed by atoms with E-state index < -0.39 is 52.5 Å². The third-order valence-electron chi connectivity index (χ3n) is 2.27. The van der Waals surface area contributed by atoms with Crippen LogP contribution >= 0.6 is 15.6 Å². The van der Waals surface area contributed by atoms with Crippen molar-refractivity contribution < 1.29 is 57.6 Å². The fourth-order valence-corrected chi connectivity index (χ4v) is 3.16. The Balaban J connectivity index is 5.07. The van der Waals surface area contributed by atoms with Gasteiger partial charge in [0.25, 0.3) is 0 Å². The molecule has 0 fully saturated rings. The first-order valence-electron chi connectivity index (χ1n) is 5.80. The fourth-order valence-electron chi connectivity index (χ4n) is 1.40. The van der Waals surface area contributed by atoms with E-state index in [0.717, 1.165) is 6.92 Å². The van der Waals surface area contributed by atoms with Crippen molar-refractivity contribution in [3.63, 3.8) is 0 Å². The number of carbonyl (C=O) groups excluding carboxylic acids is 2. The van der Waals surface area contributed by atoms with Gasteiger partial charge in [0.1, 0.15) is 30.6 Å². The number of hydrogen-bond acceptors (Lipinski definition) is 9. The minimum Gasteiger partial charge on any atom is -0.394 e. The van der Waals surface area contributed by atoms with E-state index in [2.05, 4.69) is 8.83 Å². The van der Waals surface area contributed by atoms with E-state index in [1.54, 1.807) is 0 Å². The molecule has 0 rings (SSSR count). The highest BCUT2D eigenvalue weighted by Crippen LogP contribution is 2.58. The molecule has 0 heterocycles. The number of aliphatic hydroxyl groups excluding tert-OH is 3. The fraction of sp³-hybridized carbons (Fsp3) is 0.750. The van der Waals surface area contributed by atoms with E-state index in [-0.39, 0.29) is 6.29 Å². The summed E-state index contributed by atoms with van der Waals surface area (Å²) in [7, 11) is -10.8. The van der Waals surface area contributed by atoms with Gasteiger partial charge in [-0.05, 0) is 0 Å². The molecular weight excluding hydrogens is 364 g/mol. The summed E-state index contributed by atoms with van der Waals surface area (Å²) in [6.45, 7) is -0.190. The first kappa shape index (κ1) is 22.3. The molecule has 136 valence electrons. The van der Waals surface area contributed by atoms with Gasteiger partial charge >= 0.3 is 15.6 Å². The second-order valence-corrected chi connectivity index (χ2v) is 6.99. The van der Waals surface area contributed by atoms with Crippen LogP contribution in [-0.2, 0) is 27.6 Å². The van der Waals surface area contributed by atoms with Crippen molar-refractivity contribution in [3.8, 4) is 0 Å². The van der Waals surface area contributed by atoms with Crippen molar-refractivity contribution in [1.82, 2.24) is 5.32 Å². The summed E-state index contributed by atoms with van der Waals surface area (Å²) < 4.78 is 29.4. The number of hydrogen-bond donors (Lipinski definition) is 7. The van der Waals surface area contributed by atoms with Crippen molar-refractivity contribution in [3.05, 3.63) is 0 Å². The zero-order valence-electron chi connectivity index (χ0n) is 11.6. The van der Waals surface area contributed by atoms with E-state index in [4.69, 9.17) is 19.8 Å². The molecule has 23 heavy (non-hydrogen) atoms. The Morgan fingerprint density at radius 2 is 1.74 bits per heavy atom. The molecule has 0 aromatic rings. The summed E-state index contributed by atoms with van der Waals surface area (Å²) in [5.41, 5.74) is 0. The molecule has 0 aliphatic heterocycles. The Labute approximate surface area is 129 Å². The lowest BCUT2D eigenvalue weighted by atomic mass is 10.0. The minimum atomic E-state index is -5.43. The van der Waals surface area contributed by atoms with Gasteiger partial charge in [-0.25, -0.2) is 9.13 Å². The average molecular weight is 381 g/mol. The highest BCUT2D eigenvalue weighted by Gasteiger charge is 2.40. The predicted molar refractivity (Wildman–Crippen MR) is 70.6 cm³/mol. The summed E-state index contributed by atoms with van der Waals surface area (Å²) in [5, 5.41) is 30.4. The van der Waals surface area contributed by atoms with E-state index in [9.17, 15) is 28.9 Å². The van der Waals surface area contributed by atoms with E-state index in [1.165, 1.54) is 0 Å². The molecule has 0 bridgehead atoms. The molecule has 0 aromatic carbocycles. The van der Waals surface area contributed by atoms with Crippen molar-refractivity contribution in [2.75, 3.05) is 6.61 Å². The Kier molecular flexibility index (Phi) is 8.66. The standard InChI is InChI=1S/C8H17NO12P2/c1-4(12)9-5(2-10)7(13)8(14)6(3-11)20-23(18,19)21-22(15,16)17/h2,5-8,11,13-14H,3H2,1H3,(H,9,12)(H,18,19)(H2,15,16,17)/t5-,6+,7+,8-/m0/s1. The molecule has 7 N–H and O–H groups in total. The molecule has 0 radical (unpaired) electrons. The molecule has 0 aromatic heterocycles.